The van der Waals surface area contributed by atoms with E-state index in [1.165, 1.54) is 13.8 Å². The molecule has 1 unspecified atom stereocenters. The number of esters is 1. The van der Waals surface area contributed by atoms with Crippen LogP contribution >= 0.6 is 9.47 Å². The first-order valence-electron chi connectivity index (χ1n) is 5.92. The summed E-state index contributed by atoms with van der Waals surface area (Å²) in [6.07, 6.45) is -1.31. The Balaban J connectivity index is 4.57. The number of aliphatic hydroxyl groups is 1. The van der Waals surface area contributed by atoms with E-state index >= 15 is 0 Å². The Labute approximate surface area is 114 Å². The van der Waals surface area contributed by atoms with Crippen LogP contribution in [0.2, 0.25) is 0 Å². The van der Waals surface area contributed by atoms with Crippen LogP contribution in [0.25, 0.3) is 0 Å². The van der Waals surface area contributed by atoms with Gasteiger partial charge in [0.1, 0.15) is 12.1 Å². The molecule has 110 valence electrons. The van der Waals surface area contributed by atoms with E-state index in [9.17, 15) is 14.4 Å². The smallest absolute Gasteiger partial charge is 0.349 e. The van der Waals surface area contributed by atoms with E-state index in [2.05, 4.69) is 9.84 Å². The summed E-state index contributed by atoms with van der Waals surface area (Å²) in [5, 5.41) is 11.4. The minimum absolute atomic E-state index is 0.347. The highest BCUT2D eigenvalue weighted by Gasteiger charge is 2.27. The summed E-state index contributed by atoms with van der Waals surface area (Å²) in [4.78, 5) is 34.2. The highest BCUT2D eigenvalue weighted by atomic mass is 31.0. The Morgan fingerprint density at radius 2 is 1.84 bits per heavy atom. The summed E-state index contributed by atoms with van der Waals surface area (Å²) in [6, 6.07) is -0.896. The van der Waals surface area contributed by atoms with Crippen molar-refractivity contribution in [3.05, 3.63) is 0 Å². The lowest BCUT2D eigenvalue weighted by Crippen LogP contribution is -2.46. The molecule has 19 heavy (non-hydrogen) atoms. The second-order valence-electron chi connectivity index (χ2n) is 4.04. The predicted octanol–water partition coefficient (Wildman–Crippen LogP) is -0.0829. The first-order valence-corrected chi connectivity index (χ1v) is 6.40. The quantitative estimate of drug-likeness (QED) is 0.503. The maximum atomic E-state index is 11.8. The number of ether oxygens (including phenoxy) is 1. The summed E-state index contributed by atoms with van der Waals surface area (Å²) < 4.78 is 9.22. The van der Waals surface area contributed by atoms with Crippen LogP contribution in [0.1, 0.15) is 33.6 Å². The molecule has 0 aliphatic rings. The van der Waals surface area contributed by atoms with Gasteiger partial charge in [-0.05, 0) is 20.3 Å². The summed E-state index contributed by atoms with van der Waals surface area (Å²) >= 11 is 0. The van der Waals surface area contributed by atoms with Crippen molar-refractivity contribution in [3.8, 4) is 0 Å². The molecular weight excluding hydrogens is 273 g/mol. The number of aliphatic hydroxyl groups excluding tert-OH is 1. The van der Waals surface area contributed by atoms with Gasteiger partial charge in [0, 0.05) is 0 Å². The van der Waals surface area contributed by atoms with Crippen LogP contribution in [0.3, 0.4) is 0 Å². The number of hydrogen-bond acceptors (Lipinski definition) is 6. The fraction of sp³-hybridized carbons (Fsp3) is 0.727. The van der Waals surface area contributed by atoms with Crippen LogP contribution in [0.4, 0.5) is 0 Å². The lowest BCUT2D eigenvalue weighted by atomic mass is 10.1. The molecule has 0 saturated heterocycles. The highest BCUT2D eigenvalue weighted by Crippen LogP contribution is 2.05. The Hall–Kier alpha value is -1.20. The number of carbonyl (C=O) groups excluding carboxylic acids is 3. The van der Waals surface area contributed by atoms with Gasteiger partial charge in [-0.3, -0.25) is 4.79 Å². The van der Waals surface area contributed by atoms with Crippen LogP contribution in [0, 0.1) is 0 Å². The van der Waals surface area contributed by atoms with E-state index in [1.54, 1.807) is 9.47 Å². The zero-order chi connectivity index (χ0) is 15.0. The molecule has 0 aliphatic heterocycles. The molecule has 0 rings (SSSR count). The van der Waals surface area contributed by atoms with E-state index in [0.29, 0.717) is 12.8 Å². The second kappa shape index (κ2) is 8.82. The van der Waals surface area contributed by atoms with Gasteiger partial charge in [0.15, 0.2) is 6.10 Å². The third kappa shape index (κ3) is 6.50. The SMILES string of the molecule is CCC[C@H](NC(=O)[C@H](C)O)C(=O)O[C@@H](C)C(=O)OP. The Morgan fingerprint density at radius 3 is 2.26 bits per heavy atom. The van der Waals surface area contributed by atoms with Gasteiger partial charge in [0.2, 0.25) is 5.91 Å². The molecule has 0 heterocycles. The minimum Gasteiger partial charge on any atom is -0.449 e. The van der Waals surface area contributed by atoms with Crippen LogP contribution in [-0.2, 0) is 23.6 Å². The lowest BCUT2D eigenvalue weighted by molar-refractivity contribution is -0.163. The van der Waals surface area contributed by atoms with Crippen molar-refractivity contribution in [2.75, 3.05) is 0 Å². The van der Waals surface area contributed by atoms with Crippen molar-refractivity contribution in [2.24, 2.45) is 0 Å². The molecule has 0 saturated carbocycles. The summed E-state index contributed by atoms with van der Waals surface area (Å²) in [5.41, 5.74) is 0. The normalized spacial score (nSPS) is 15.0. The number of carbonyl (C=O) groups is 3. The number of amides is 1. The number of rotatable bonds is 7. The molecule has 0 aliphatic carbocycles. The third-order valence-electron chi connectivity index (χ3n) is 2.30. The molecule has 1 amide bonds. The summed E-state index contributed by atoms with van der Waals surface area (Å²) in [7, 11) is 1.76. The molecule has 0 aromatic heterocycles. The summed E-state index contributed by atoms with van der Waals surface area (Å²) in [6.45, 7) is 4.48. The van der Waals surface area contributed by atoms with E-state index < -0.39 is 36.1 Å². The maximum Gasteiger partial charge on any atom is 0.349 e. The summed E-state index contributed by atoms with van der Waals surface area (Å²) in [5.74, 6) is -2.12. The first kappa shape index (κ1) is 17.8. The van der Waals surface area contributed by atoms with Crippen LogP contribution in [0.15, 0.2) is 0 Å². The molecule has 0 aromatic carbocycles. The molecule has 7 nitrogen and oxygen atoms in total. The van der Waals surface area contributed by atoms with Gasteiger partial charge in [0.05, 0.1) is 9.47 Å². The minimum atomic E-state index is -1.22. The van der Waals surface area contributed by atoms with Crippen molar-refractivity contribution in [1.29, 1.82) is 0 Å². The average molecular weight is 293 g/mol. The monoisotopic (exact) mass is 293 g/mol. The third-order valence-corrected chi connectivity index (χ3v) is 2.53. The van der Waals surface area contributed by atoms with Gasteiger partial charge in [-0.25, -0.2) is 9.59 Å². The van der Waals surface area contributed by atoms with Crippen molar-refractivity contribution < 1.29 is 28.8 Å². The topological polar surface area (TPSA) is 102 Å². The fourth-order valence-electron chi connectivity index (χ4n) is 1.23. The molecule has 8 heteroatoms. The van der Waals surface area contributed by atoms with Gasteiger partial charge in [-0.1, -0.05) is 13.3 Å². The zero-order valence-corrected chi connectivity index (χ0v) is 12.4. The van der Waals surface area contributed by atoms with Crippen molar-refractivity contribution in [3.63, 3.8) is 0 Å². The van der Waals surface area contributed by atoms with E-state index in [1.807, 2.05) is 6.92 Å². The number of nitrogens with one attached hydrogen (secondary N) is 1. The molecule has 0 radical (unpaired) electrons. The van der Waals surface area contributed by atoms with Crippen LogP contribution < -0.4 is 5.32 Å². The van der Waals surface area contributed by atoms with Gasteiger partial charge >= 0.3 is 11.9 Å². The van der Waals surface area contributed by atoms with Gasteiger partial charge in [-0.15, -0.1) is 0 Å². The molecule has 4 atom stereocenters. The first-order chi connectivity index (χ1) is 8.83. The second-order valence-corrected chi connectivity index (χ2v) is 4.28. The van der Waals surface area contributed by atoms with Crippen molar-refractivity contribution >= 4 is 27.3 Å². The largest absolute Gasteiger partial charge is 0.449 e. The van der Waals surface area contributed by atoms with E-state index in [0.717, 1.165) is 0 Å². The Bertz CT molecular complexity index is 333. The number of hydrogen-bond donors (Lipinski definition) is 2. The van der Waals surface area contributed by atoms with Gasteiger partial charge in [0.25, 0.3) is 0 Å². The molecule has 0 aromatic rings. The highest BCUT2D eigenvalue weighted by molar-refractivity contribution is 7.10. The molecule has 0 bridgehead atoms. The molecular formula is C11H20NO6P. The average Bonchev–Trinajstić information content (AvgIpc) is 2.36. The zero-order valence-electron chi connectivity index (χ0n) is 11.2. The van der Waals surface area contributed by atoms with Gasteiger partial charge in [-0.2, -0.15) is 0 Å². The Morgan fingerprint density at radius 1 is 1.26 bits per heavy atom. The molecule has 0 spiro atoms. The van der Waals surface area contributed by atoms with Crippen molar-refractivity contribution in [2.45, 2.75) is 51.9 Å². The van der Waals surface area contributed by atoms with E-state index in [-0.39, 0.29) is 0 Å². The predicted molar refractivity (Wildman–Crippen MR) is 69.9 cm³/mol. The van der Waals surface area contributed by atoms with Crippen molar-refractivity contribution in [1.82, 2.24) is 5.32 Å². The van der Waals surface area contributed by atoms with Crippen LogP contribution in [-0.4, -0.2) is 41.2 Å². The molecule has 2 N–H and O–H groups in total. The Kier molecular flexibility index (Phi) is 8.27. The van der Waals surface area contributed by atoms with E-state index in [4.69, 9.17) is 9.84 Å². The fourth-order valence-corrected chi connectivity index (χ4v) is 1.42. The maximum absolute atomic E-state index is 11.8. The van der Waals surface area contributed by atoms with Crippen LogP contribution in [0.5, 0.6) is 0 Å². The molecule has 0 fully saturated rings. The standard InChI is InChI=1S/C11H20NO6P/c1-4-5-8(12-9(14)6(2)13)11(16)17-7(3)10(15)18-19/h6-8,13H,4-5,19H2,1-3H3,(H,12,14)/t6-,7-,8-/m0/s1. The lowest BCUT2D eigenvalue weighted by Gasteiger charge is -2.19. The van der Waals surface area contributed by atoms with Gasteiger partial charge < -0.3 is 19.7 Å².